The van der Waals surface area contributed by atoms with Crippen LogP contribution in [0.4, 0.5) is 40.6 Å². The number of aromatic nitrogens is 2. The average molecular weight is 1100 g/mol. The Morgan fingerprint density at radius 2 is 1.10 bits per heavy atom. The molecule has 0 radical (unpaired) electrons. The van der Waals surface area contributed by atoms with Gasteiger partial charge in [0.05, 0.1) is 39.6 Å². The summed E-state index contributed by atoms with van der Waals surface area (Å²) in [5, 5.41) is 15.0. The molecule has 3 N–H and O–H groups in total. The van der Waals surface area contributed by atoms with Crippen molar-refractivity contribution < 1.29 is 60.7 Å². The summed E-state index contributed by atoms with van der Waals surface area (Å²) in [5.74, 6) is -4.32. The van der Waals surface area contributed by atoms with Crippen LogP contribution in [0.25, 0.3) is 22.3 Å². The molecule has 19 heteroatoms. The summed E-state index contributed by atoms with van der Waals surface area (Å²) < 4.78 is 91.2. The van der Waals surface area contributed by atoms with E-state index in [1.54, 1.807) is 36.4 Å². The Balaban J connectivity index is 0.000000182. The van der Waals surface area contributed by atoms with Gasteiger partial charge in [-0.25, -0.2) is 17.6 Å². The number of aliphatic hydroxyl groups is 1. The lowest BCUT2D eigenvalue weighted by atomic mass is 10.00. The molecule has 1 unspecified atom stereocenters. The minimum atomic E-state index is -2.91. The smallest absolute Gasteiger partial charge is 0.273 e. The third-order valence-electron chi connectivity index (χ3n) is 14.9. The number of nitrogens with one attached hydrogen (secondary N) is 2. The first-order chi connectivity index (χ1) is 38.7. The van der Waals surface area contributed by atoms with E-state index in [0.29, 0.717) is 113 Å². The van der Waals surface area contributed by atoms with Gasteiger partial charge in [-0.1, -0.05) is 24.3 Å². The first kappa shape index (κ1) is 56.1. The number of aliphatic hydroxyl groups excluding tert-OH is 1. The summed E-state index contributed by atoms with van der Waals surface area (Å²) in [7, 11) is 0. The molecule has 0 spiro atoms. The molecule has 2 amide bonds. The van der Waals surface area contributed by atoms with Gasteiger partial charge in [-0.05, 0) is 151 Å². The van der Waals surface area contributed by atoms with E-state index in [2.05, 4.69) is 25.4 Å². The maximum atomic E-state index is 14.3. The number of amides is 2. The lowest BCUT2D eigenvalue weighted by Crippen LogP contribution is -2.36. The summed E-state index contributed by atoms with van der Waals surface area (Å²) >= 11 is 0. The minimum absolute atomic E-state index is 0.0543. The molecule has 4 aromatic carbocycles. The van der Waals surface area contributed by atoms with E-state index in [1.165, 1.54) is 12.1 Å². The molecule has 2 aliphatic carbocycles. The highest BCUT2D eigenvalue weighted by Gasteiger charge is 2.40. The van der Waals surface area contributed by atoms with E-state index in [0.717, 1.165) is 70.9 Å². The van der Waals surface area contributed by atoms with Crippen LogP contribution in [0.2, 0.25) is 0 Å². The fourth-order valence-corrected chi connectivity index (χ4v) is 10.5. The molecule has 3 saturated heterocycles. The molecule has 3 aliphatic heterocycles. The summed E-state index contributed by atoms with van der Waals surface area (Å²) in [4.78, 5) is 39.7. The largest absolute Gasteiger partial charge is 0.475 e. The number of rotatable bonds is 16. The van der Waals surface area contributed by atoms with E-state index in [4.69, 9.17) is 33.4 Å². The van der Waals surface area contributed by atoms with Gasteiger partial charge < -0.3 is 54.0 Å². The fourth-order valence-electron chi connectivity index (χ4n) is 10.5. The lowest BCUT2D eigenvalue weighted by Gasteiger charge is -2.28. The molecule has 80 heavy (non-hydrogen) atoms. The van der Waals surface area contributed by atoms with Gasteiger partial charge in [0, 0.05) is 91.4 Å². The molecular weight excluding hydrogens is 1040 g/mol. The number of benzene rings is 4. The number of carbonyl (C=O) groups is 2. The molecule has 2 aromatic heterocycles. The highest BCUT2D eigenvalue weighted by molar-refractivity contribution is 6.05. The molecule has 5 heterocycles. The number of nitrogens with zero attached hydrogens (tertiary/aromatic N) is 4. The van der Waals surface area contributed by atoms with Crippen molar-refractivity contribution in [1.29, 1.82) is 0 Å². The van der Waals surface area contributed by atoms with Crippen molar-refractivity contribution in [2.24, 2.45) is 0 Å². The zero-order valence-corrected chi connectivity index (χ0v) is 45.0. The topological polar surface area (TPSA) is 166 Å². The van der Waals surface area contributed by atoms with E-state index < -0.39 is 23.7 Å². The number of hydrogen-bond donors (Lipinski definition) is 3. The van der Waals surface area contributed by atoms with E-state index >= 15 is 0 Å². The summed E-state index contributed by atoms with van der Waals surface area (Å²) in [6.07, 6.45) is 3.05. The van der Waals surface area contributed by atoms with Crippen molar-refractivity contribution in [3.63, 3.8) is 0 Å². The number of fused-ring (bicyclic) bond motifs is 2. The van der Waals surface area contributed by atoms with Crippen LogP contribution in [-0.4, -0.2) is 119 Å². The number of aryl methyl sites for hydroxylation is 4. The van der Waals surface area contributed by atoms with Crippen LogP contribution in [0.3, 0.4) is 0 Å². The number of alkyl halides is 4. The Bertz CT molecular complexity index is 3180. The number of halogens is 4. The number of anilines is 4. The van der Waals surface area contributed by atoms with Gasteiger partial charge in [0.25, 0.3) is 23.7 Å². The Hall–Kier alpha value is -7.16. The van der Waals surface area contributed by atoms with Crippen LogP contribution >= 0.6 is 0 Å². The molecular formula is C61H66F4N6O9. The summed E-state index contributed by atoms with van der Waals surface area (Å²) in [6, 6.07) is 27.9. The van der Waals surface area contributed by atoms with Gasteiger partial charge in [0.2, 0.25) is 11.8 Å². The minimum Gasteiger partial charge on any atom is -0.475 e. The first-order valence-corrected chi connectivity index (χ1v) is 27.4. The van der Waals surface area contributed by atoms with Gasteiger partial charge in [0.1, 0.15) is 24.8 Å². The number of pyridine rings is 2. The average Bonchev–Trinajstić information content (AvgIpc) is 3.97. The molecule has 5 aliphatic rings. The van der Waals surface area contributed by atoms with E-state index in [9.17, 15) is 32.3 Å². The van der Waals surface area contributed by atoms with Crippen molar-refractivity contribution in [3.05, 3.63) is 142 Å². The number of hydrogen-bond acceptors (Lipinski definition) is 13. The quantitative estimate of drug-likeness (QED) is 0.0620. The van der Waals surface area contributed by atoms with E-state index in [1.807, 2.05) is 62.4 Å². The predicted octanol–water partition coefficient (Wildman–Crippen LogP) is 10.7. The second-order valence-corrected chi connectivity index (χ2v) is 20.5. The molecule has 0 bridgehead atoms. The SMILES string of the molecule is Cc1ccc(NC(=O)c2ccc3c(c2)C(F)(F)CC3)cc1-c1cc(OCCO)nc(N2CCOCC2)c1.Cc1ccc(NC(=O)c2ccc3c(c2)C(F)(F)CC3)cc1-c1cc(OCCOC2CCCCO2)nc(N2CCOCC2)c1. The van der Waals surface area contributed by atoms with Crippen LogP contribution in [0.15, 0.2) is 97.1 Å². The third-order valence-corrected chi connectivity index (χ3v) is 14.9. The summed E-state index contributed by atoms with van der Waals surface area (Å²) in [5.41, 5.74) is 8.03. The zero-order chi connectivity index (χ0) is 55.8. The monoisotopic (exact) mass is 1100 g/mol. The molecule has 3 fully saturated rings. The molecule has 11 rings (SSSR count). The van der Waals surface area contributed by atoms with Crippen molar-refractivity contribution in [1.82, 2.24) is 9.97 Å². The molecule has 1 atom stereocenters. The number of carbonyl (C=O) groups excluding carboxylic acids is 2. The first-order valence-electron chi connectivity index (χ1n) is 27.4. The molecule has 0 saturated carbocycles. The number of ether oxygens (including phenoxy) is 6. The van der Waals surface area contributed by atoms with Gasteiger partial charge in [-0.3, -0.25) is 9.59 Å². The Morgan fingerprint density at radius 3 is 1.56 bits per heavy atom. The van der Waals surface area contributed by atoms with Gasteiger partial charge in [-0.2, -0.15) is 9.97 Å². The maximum Gasteiger partial charge on any atom is 0.273 e. The van der Waals surface area contributed by atoms with Crippen LogP contribution in [0.5, 0.6) is 11.8 Å². The highest BCUT2D eigenvalue weighted by Crippen LogP contribution is 2.43. The highest BCUT2D eigenvalue weighted by atomic mass is 19.3. The van der Waals surface area contributed by atoms with Crippen LogP contribution in [0.1, 0.15) is 86.2 Å². The van der Waals surface area contributed by atoms with E-state index in [-0.39, 0.29) is 54.6 Å². The fraction of sp³-hybridized carbons (Fsp3) is 0.410. The Kier molecular flexibility index (Phi) is 17.6. The third kappa shape index (κ3) is 13.5. The normalized spacial score (nSPS) is 18.1. The van der Waals surface area contributed by atoms with Crippen LogP contribution in [-0.2, 0) is 43.6 Å². The summed E-state index contributed by atoms with van der Waals surface area (Å²) in [6.45, 7) is 10.7. The van der Waals surface area contributed by atoms with Gasteiger partial charge in [0.15, 0.2) is 6.29 Å². The standard InChI is InChI=1S/C33H37F2N3O5.C28H29F2N3O4/c1-22-5-8-26(36-32(39)24-7-6-23-9-10-33(34,35)28(23)18-24)21-27(22)25-19-29(38-11-14-40-15-12-38)37-30(20-25)41-16-17-43-31-4-2-3-13-42-31;1-18-2-5-22(31-27(35)20-4-3-19-6-7-28(29,30)24(19)14-20)17-23(18)21-15-25(33-8-11-36-12-9-33)32-26(16-21)37-13-10-34/h5-8,18-21,31H,2-4,9-17H2,1H3,(H,36,39);2-5,14-17,34H,6-13H2,1H3,(H,31,35). The second kappa shape index (κ2) is 25.1. The van der Waals surface area contributed by atoms with Crippen LogP contribution < -0.4 is 29.9 Å². The molecule has 15 nitrogen and oxygen atoms in total. The van der Waals surface area contributed by atoms with Gasteiger partial charge >= 0.3 is 0 Å². The maximum absolute atomic E-state index is 14.3. The molecule has 422 valence electrons. The van der Waals surface area contributed by atoms with Gasteiger partial charge in [-0.15, -0.1) is 0 Å². The number of morpholine rings is 2. The Morgan fingerprint density at radius 1 is 0.613 bits per heavy atom. The zero-order valence-electron chi connectivity index (χ0n) is 45.0. The van der Waals surface area contributed by atoms with Crippen molar-refractivity contribution in [3.8, 4) is 34.0 Å². The lowest BCUT2D eigenvalue weighted by molar-refractivity contribution is -0.165. The van der Waals surface area contributed by atoms with Crippen molar-refractivity contribution in [2.75, 3.05) is 106 Å². The van der Waals surface area contributed by atoms with Crippen molar-refractivity contribution in [2.45, 2.75) is 76.9 Å². The van der Waals surface area contributed by atoms with Crippen LogP contribution in [0, 0.1) is 13.8 Å². The predicted molar refractivity (Wildman–Crippen MR) is 296 cm³/mol. The Labute approximate surface area is 462 Å². The second-order valence-electron chi connectivity index (χ2n) is 20.5. The molecule has 6 aromatic rings. The van der Waals surface area contributed by atoms with Crippen molar-refractivity contribution >= 4 is 34.8 Å².